The van der Waals surface area contributed by atoms with Crippen LogP contribution in [0.4, 0.5) is 13.2 Å². The molecule has 0 saturated carbocycles. The molecular formula is C23H20F3N3O2. The molecule has 0 saturated heterocycles. The molecule has 0 amide bonds. The third kappa shape index (κ3) is 3.93. The van der Waals surface area contributed by atoms with Crippen molar-refractivity contribution in [2.75, 3.05) is 7.11 Å². The Labute approximate surface area is 176 Å². The molecule has 0 fully saturated rings. The van der Waals surface area contributed by atoms with E-state index in [1.807, 2.05) is 13.0 Å². The smallest absolute Gasteiger partial charge is 0.416 e. The fourth-order valence-electron chi connectivity index (χ4n) is 3.56. The SMILES string of the molecule is CCCc1nc2cnc(-c3cccc(C(F)(F)F)c3)cn2c1-c1ccc(OC)c(O)c1. The molecule has 0 unspecified atom stereocenters. The van der Waals surface area contributed by atoms with Crippen molar-refractivity contribution in [3.8, 4) is 34.0 Å². The Morgan fingerprint density at radius 2 is 1.90 bits per heavy atom. The van der Waals surface area contributed by atoms with Gasteiger partial charge in [-0.1, -0.05) is 25.5 Å². The fraction of sp³-hybridized carbons (Fsp3) is 0.217. The van der Waals surface area contributed by atoms with Crippen LogP contribution in [0.3, 0.4) is 0 Å². The highest BCUT2D eigenvalue weighted by Crippen LogP contribution is 2.35. The van der Waals surface area contributed by atoms with Crippen LogP contribution in [-0.2, 0) is 12.6 Å². The Kier molecular flexibility index (Phi) is 5.31. The van der Waals surface area contributed by atoms with E-state index in [1.54, 1.807) is 35.0 Å². The molecule has 0 aliphatic carbocycles. The third-order valence-electron chi connectivity index (χ3n) is 5.01. The van der Waals surface area contributed by atoms with Gasteiger partial charge < -0.3 is 9.84 Å². The molecule has 0 atom stereocenters. The van der Waals surface area contributed by atoms with Crippen LogP contribution in [-0.4, -0.2) is 26.6 Å². The molecule has 5 nitrogen and oxygen atoms in total. The standard InChI is InChI=1S/C23H20F3N3O2/c1-3-5-17-22(15-8-9-20(31-2)19(30)11-15)29-13-18(27-12-21(29)28-17)14-6-4-7-16(10-14)23(24,25)26/h4,6-13,30H,3,5H2,1-2H3. The number of aromatic nitrogens is 3. The maximum Gasteiger partial charge on any atom is 0.416 e. The minimum atomic E-state index is -4.44. The van der Waals surface area contributed by atoms with Crippen molar-refractivity contribution < 1.29 is 23.0 Å². The van der Waals surface area contributed by atoms with Gasteiger partial charge in [0, 0.05) is 17.3 Å². The Hall–Kier alpha value is -3.55. The van der Waals surface area contributed by atoms with Crippen LogP contribution in [0.5, 0.6) is 11.5 Å². The number of hydrogen-bond donors (Lipinski definition) is 1. The van der Waals surface area contributed by atoms with Crippen molar-refractivity contribution in [3.05, 3.63) is 66.1 Å². The molecule has 0 aliphatic rings. The summed E-state index contributed by atoms with van der Waals surface area (Å²) in [5, 5.41) is 10.2. The van der Waals surface area contributed by atoms with Crippen LogP contribution < -0.4 is 4.74 Å². The zero-order chi connectivity index (χ0) is 22.2. The van der Waals surface area contributed by atoms with Gasteiger partial charge in [0.1, 0.15) is 0 Å². The first-order chi connectivity index (χ1) is 14.8. The zero-order valence-electron chi connectivity index (χ0n) is 16.9. The lowest BCUT2D eigenvalue weighted by Gasteiger charge is -2.10. The molecule has 2 aromatic heterocycles. The Balaban J connectivity index is 1.90. The van der Waals surface area contributed by atoms with Gasteiger partial charge in [0.15, 0.2) is 17.1 Å². The summed E-state index contributed by atoms with van der Waals surface area (Å²) in [6, 6.07) is 10.1. The number of benzene rings is 2. The van der Waals surface area contributed by atoms with E-state index in [0.717, 1.165) is 35.5 Å². The average Bonchev–Trinajstić information content (AvgIpc) is 3.10. The summed E-state index contributed by atoms with van der Waals surface area (Å²) in [7, 11) is 1.47. The molecule has 4 aromatic rings. The molecule has 4 rings (SSSR count). The van der Waals surface area contributed by atoms with Crippen molar-refractivity contribution in [1.29, 1.82) is 0 Å². The van der Waals surface area contributed by atoms with E-state index in [9.17, 15) is 18.3 Å². The number of ether oxygens (including phenoxy) is 1. The van der Waals surface area contributed by atoms with Crippen molar-refractivity contribution >= 4 is 5.65 Å². The summed E-state index contributed by atoms with van der Waals surface area (Å²) in [4.78, 5) is 8.98. The fourth-order valence-corrected chi connectivity index (χ4v) is 3.56. The first kappa shape index (κ1) is 20.7. The molecule has 0 radical (unpaired) electrons. The van der Waals surface area contributed by atoms with Gasteiger partial charge in [-0.2, -0.15) is 13.2 Å². The van der Waals surface area contributed by atoms with Crippen LogP contribution >= 0.6 is 0 Å². The number of aromatic hydroxyl groups is 1. The predicted octanol–water partition coefficient (Wildman–Crippen LogP) is 5.75. The van der Waals surface area contributed by atoms with E-state index >= 15 is 0 Å². The normalized spacial score (nSPS) is 11.8. The molecule has 0 spiro atoms. The van der Waals surface area contributed by atoms with Gasteiger partial charge in [0.2, 0.25) is 0 Å². The highest BCUT2D eigenvalue weighted by atomic mass is 19.4. The third-order valence-corrected chi connectivity index (χ3v) is 5.01. The summed E-state index contributed by atoms with van der Waals surface area (Å²) in [5.74, 6) is 0.338. The molecule has 0 bridgehead atoms. The van der Waals surface area contributed by atoms with Crippen LogP contribution in [0.15, 0.2) is 54.9 Å². The number of nitrogens with zero attached hydrogens (tertiary/aromatic N) is 3. The number of phenols is 1. The topological polar surface area (TPSA) is 59.7 Å². The van der Waals surface area contributed by atoms with Gasteiger partial charge in [0.25, 0.3) is 0 Å². The summed E-state index contributed by atoms with van der Waals surface area (Å²) >= 11 is 0. The summed E-state index contributed by atoms with van der Waals surface area (Å²) in [6.07, 6.45) is 0.333. The van der Waals surface area contributed by atoms with Gasteiger partial charge in [-0.05, 0) is 36.8 Å². The number of aryl methyl sites for hydroxylation is 1. The lowest BCUT2D eigenvalue weighted by molar-refractivity contribution is -0.137. The number of phenolic OH excluding ortho intramolecular Hbond substituents is 1. The van der Waals surface area contributed by atoms with Crippen molar-refractivity contribution in [2.24, 2.45) is 0 Å². The number of fused-ring (bicyclic) bond motifs is 1. The number of hydrogen-bond acceptors (Lipinski definition) is 4. The van der Waals surface area contributed by atoms with Gasteiger partial charge in [-0.25, -0.2) is 4.98 Å². The predicted molar refractivity (Wildman–Crippen MR) is 111 cm³/mol. The van der Waals surface area contributed by atoms with Crippen molar-refractivity contribution in [1.82, 2.24) is 14.4 Å². The number of alkyl halides is 3. The highest BCUT2D eigenvalue weighted by Gasteiger charge is 2.30. The number of halogens is 3. The second-order valence-corrected chi connectivity index (χ2v) is 7.12. The maximum absolute atomic E-state index is 13.1. The van der Waals surface area contributed by atoms with E-state index < -0.39 is 11.7 Å². The minimum absolute atomic E-state index is 0.00967. The van der Waals surface area contributed by atoms with Crippen LogP contribution in [0, 0.1) is 0 Å². The molecule has 0 aliphatic heterocycles. The second-order valence-electron chi connectivity index (χ2n) is 7.12. The Morgan fingerprint density at radius 3 is 2.58 bits per heavy atom. The van der Waals surface area contributed by atoms with Crippen molar-refractivity contribution in [3.63, 3.8) is 0 Å². The monoisotopic (exact) mass is 427 g/mol. The largest absolute Gasteiger partial charge is 0.504 e. The first-order valence-corrected chi connectivity index (χ1v) is 9.73. The van der Waals surface area contributed by atoms with Crippen molar-refractivity contribution in [2.45, 2.75) is 25.9 Å². The number of imidazole rings is 1. The molecule has 31 heavy (non-hydrogen) atoms. The van der Waals surface area contributed by atoms with Crippen LogP contribution in [0.2, 0.25) is 0 Å². The molecule has 2 aromatic carbocycles. The molecule has 160 valence electrons. The van der Waals surface area contributed by atoms with Gasteiger partial charge >= 0.3 is 6.18 Å². The second kappa shape index (κ2) is 7.94. The average molecular weight is 427 g/mol. The van der Waals surface area contributed by atoms with E-state index in [4.69, 9.17) is 4.74 Å². The summed E-state index contributed by atoms with van der Waals surface area (Å²) < 4.78 is 46.3. The summed E-state index contributed by atoms with van der Waals surface area (Å²) in [5.41, 5.74) is 2.87. The molecule has 1 N–H and O–H groups in total. The quantitative estimate of drug-likeness (QED) is 0.441. The van der Waals surface area contributed by atoms with Gasteiger partial charge in [0.05, 0.1) is 36.0 Å². The maximum atomic E-state index is 13.1. The Bertz CT molecular complexity index is 1250. The van der Waals surface area contributed by atoms with E-state index in [2.05, 4.69) is 9.97 Å². The summed E-state index contributed by atoms with van der Waals surface area (Å²) in [6.45, 7) is 2.03. The number of rotatable bonds is 5. The Morgan fingerprint density at radius 1 is 1.10 bits per heavy atom. The minimum Gasteiger partial charge on any atom is -0.504 e. The zero-order valence-corrected chi connectivity index (χ0v) is 16.9. The van der Waals surface area contributed by atoms with E-state index in [1.165, 1.54) is 13.2 Å². The molecule has 8 heteroatoms. The number of methoxy groups -OCH3 is 1. The van der Waals surface area contributed by atoms with Gasteiger partial charge in [-0.15, -0.1) is 0 Å². The lowest BCUT2D eigenvalue weighted by atomic mass is 10.1. The first-order valence-electron chi connectivity index (χ1n) is 9.73. The van der Waals surface area contributed by atoms with E-state index in [-0.39, 0.29) is 5.75 Å². The van der Waals surface area contributed by atoms with Crippen LogP contribution in [0.25, 0.3) is 28.2 Å². The van der Waals surface area contributed by atoms with Gasteiger partial charge in [-0.3, -0.25) is 9.38 Å². The highest BCUT2D eigenvalue weighted by molar-refractivity contribution is 5.71. The van der Waals surface area contributed by atoms with Crippen LogP contribution in [0.1, 0.15) is 24.6 Å². The molecule has 2 heterocycles. The lowest BCUT2D eigenvalue weighted by Crippen LogP contribution is -2.04. The molecular weight excluding hydrogens is 407 g/mol. The van der Waals surface area contributed by atoms with E-state index in [0.29, 0.717) is 29.1 Å².